The second-order valence-corrected chi connectivity index (χ2v) is 5.52. The number of aromatic nitrogens is 2. The van der Waals surface area contributed by atoms with Crippen LogP contribution in [0.1, 0.15) is 37.8 Å². The highest BCUT2D eigenvalue weighted by Crippen LogP contribution is 2.35. The number of likely N-dealkylation sites (N-methyl/N-ethyl adjacent to an activating group) is 1. The van der Waals surface area contributed by atoms with Crippen LogP contribution in [0, 0.1) is 0 Å². The minimum atomic E-state index is 0.376. The minimum absolute atomic E-state index is 0.376. The van der Waals surface area contributed by atoms with E-state index in [-0.39, 0.29) is 0 Å². The summed E-state index contributed by atoms with van der Waals surface area (Å²) < 4.78 is 1.86. The second-order valence-electron chi connectivity index (χ2n) is 5.52. The summed E-state index contributed by atoms with van der Waals surface area (Å²) in [6, 6.07) is 0.376. The van der Waals surface area contributed by atoms with Gasteiger partial charge in [0.2, 0.25) is 0 Å². The molecule has 0 radical (unpaired) electrons. The fourth-order valence-electron chi connectivity index (χ4n) is 2.49. The van der Waals surface area contributed by atoms with Crippen molar-refractivity contribution in [1.82, 2.24) is 20.0 Å². The van der Waals surface area contributed by atoms with Gasteiger partial charge in [0.1, 0.15) is 0 Å². The molecule has 1 aliphatic carbocycles. The van der Waals surface area contributed by atoms with Crippen LogP contribution in [0.5, 0.6) is 0 Å². The fourth-order valence-corrected chi connectivity index (χ4v) is 2.49. The number of rotatable bonds is 5. The molecular formula is C13H24N4. The summed E-state index contributed by atoms with van der Waals surface area (Å²) in [7, 11) is 6.34. The van der Waals surface area contributed by atoms with E-state index in [1.54, 1.807) is 0 Å². The van der Waals surface area contributed by atoms with E-state index in [9.17, 15) is 0 Å². The van der Waals surface area contributed by atoms with Crippen molar-refractivity contribution in [2.24, 2.45) is 7.05 Å². The summed E-state index contributed by atoms with van der Waals surface area (Å²) in [6.07, 6.45) is 8.02. The zero-order valence-corrected chi connectivity index (χ0v) is 11.4. The first-order valence-electron chi connectivity index (χ1n) is 6.43. The van der Waals surface area contributed by atoms with Gasteiger partial charge < -0.3 is 10.2 Å². The third-order valence-corrected chi connectivity index (χ3v) is 4.20. The highest BCUT2D eigenvalue weighted by molar-refractivity contribution is 5.10. The van der Waals surface area contributed by atoms with E-state index in [2.05, 4.69) is 42.5 Å². The molecule has 0 aromatic carbocycles. The Hall–Kier alpha value is -0.870. The molecule has 4 nitrogen and oxygen atoms in total. The molecule has 0 spiro atoms. The van der Waals surface area contributed by atoms with Crippen molar-refractivity contribution in [3.05, 3.63) is 18.0 Å². The molecule has 1 atom stereocenters. The lowest BCUT2D eigenvalue weighted by atomic mass is 9.75. The number of hydrogen-bond donors (Lipinski definition) is 1. The second kappa shape index (κ2) is 4.78. The van der Waals surface area contributed by atoms with E-state index >= 15 is 0 Å². The Morgan fingerprint density at radius 3 is 2.65 bits per heavy atom. The van der Waals surface area contributed by atoms with Gasteiger partial charge in [-0.15, -0.1) is 0 Å². The van der Waals surface area contributed by atoms with Crippen molar-refractivity contribution in [1.29, 1.82) is 0 Å². The molecule has 1 aromatic rings. The first kappa shape index (κ1) is 12.6. The molecule has 2 rings (SSSR count). The maximum atomic E-state index is 4.22. The van der Waals surface area contributed by atoms with Gasteiger partial charge in [0, 0.05) is 36.9 Å². The smallest absolute Gasteiger partial charge is 0.0537 e. The van der Waals surface area contributed by atoms with Gasteiger partial charge in [-0.25, -0.2) is 0 Å². The zero-order chi connectivity index (χ0) is 12.5. The molecule has 1 saturated carbocycles. The maximum absolute atomic E-state index is 4.22. The van der Waals surface area contributed by atoms with Crippen LogP contribution in [-0.4, -0.2) is 40.9 Å². The predicted molar refractivity (Wildman–Crippen MR) is 69.9 cm³/mol. The fraction of sp³-hybridized carbons (Fsp3) is 0.769. The summed E-state index contributed by atoms with van der Waals surface area (Å²) in [5, 5.41) is 7.86. The van der Waals surface area contributed by atoms with Gasteiger partial charge in [-0.1, -0.05) is 0 Å². The van der Waals surface area contributed by atoms with Crippen molar-refractivity contribution in [3.63, 3.8) is 0 Å². The number of hydrogen-bond acceptors (Lipinski definition) is 3. The Bertz CT molecular complexity index is 365. The predicted octanol–water partition coefficient (Wildman–Crippen LogP) is 1.55. The lowest BCUT2D eigenvalue weighted by Crippen LogP contribution is -2.56. The molecule has 0 saturated heterocycles. The topological polar surface area (TPSA) is 33.1 Å². The average Bonchev–Trinajstić information content (AvgIpc) is 2.62. The Morgan fingerprint density at radius 1 is 1.53 bits per heavy atom. The van der Waals surface area contributed by atoms with Crippen molar-refractivity contribution < 1.29 is 0 Å². The van der Waals surface area contributed by atoms with Crippen molar-refractivity contribution in [2.45, 2.75) is 37.8 Å². The molecule has 17 heavy (non-hydrogen) atoms. The van der Waals surface area contributed by atoms with Gasteiger partial charge in [0.05, 0.1) is 6.20 Å². The summed E-state index contributed by atoms with van der Waals surface area (Å²) >= 11 is 0. The van der Waals surface area contributed by atoms with E-state index in [0.29, 0.717) is 11.6 Å². The third-order valence-electron chi connectivity index (χ3n) is 4.20. The molecule has 1 fully saturated rings. The molecule has 96 valence electrons. The maximum Gasteiger partial charge on any atom is 0.0537 e. The molecule has 0 amide bonds. The Balaban J connectivity index is 1.89. The first-order chi connectivity index (χ1) is 8.03. The van der Waals surface area contributed by atoms with Gasteiger partial charge in [0.25, 0.3) is 0 Å². The Kier molecular flexibility index (Phi) is 3.54. The largest absolute Gasteiger partial charge is 0.308 e. The van der Waals surface area contributed by atoms with Gasteiger partial charge in [-0.05, 0) is 40.3 Å². The molecule has 1 unspecified atom stereocenters. The summed E-state index contributed by atoms with van der Waals surface area (Å²) in [4.78, 5) is 2.37. The third kappa shape index (κ3) is 2.53. The molecule has 1 N–H and O–H groups in total. The molecule has 4 heteroatoms. The monoisotopic (exact) mass is 236 g/mol. The van der Waals surface area contributed by atoms with Crippen LogP contribution in [0.2, 0.25) is 0 Å². The van der Waals surface area contributed by atoms with Crippen LogP contribution in [0.25, 0.3) is 0 Å². The Morgan fingerprint density at radius 2 is 2.24 bits per heavy atom. The van der Waals surface area contributed by atoms with E-state index in [1.165, 1.54) is 24.8 Å². The van der Waals surface area contributed by atoms with E-state index in [4.69, 9.17) is 0 Å². The molecule has 0 bridgehead atoms. The first-order valence-corrected chi connectivity index (χ1v) is 6.43. The van der Waals surface area contributed by atoms with Crippen molar-refractivity contribution in [2.75, 3.05) is 20.6 Å². The lowest BCUT2D eigenvalue weighted by molar-refractivity contribution is 0.0576. The van der Waals surface area contributed by atoms with Gasteiger partial charge in [-0.2, -0.15) is 5.10 Å². The SMILES string of the molecule is CC(NCC1(N(C)C)CCC1)c1cnn(C)c1. The molecule has 1 aliphatic rings. The van der Waals surface area contributed by atoms with Crippen LogP contribution < -0.4 is 5.32 Å². The van der Waals surface area contributed by atoms with Crippen LogP contribution >= 0.6 is 0 Å². The molecular weight excluding hydrogens is 212 g/mol. The van der Waals surface area contributed by atoms with Gasteiger partial charge >= 0.3 is 0 Å². The average molecular weight is 236 g/mol. The summed E-state index contributed by atoms with van der Waals surface area (Å²) in [6.45, 7) is 3.27. The minimum Gasteiger partial charge on any atom is -0.308 e. The summed E-state index contributed by atoms with van der Waals surface area (Å²) in [5.41, 5.74) is 1.65. The van der Waals surface area contributed by atoms with Crippen LogP contribution in [0.3, 0.4) is 0 Å². The van der Waals surface area contributed by atoms with E-state index in [1.807, 2.05) is 17.9 Å². The quantitative estimate of drug-likeness (QED) is 0.842. The lowest BCUT2D eigenvalue weighted by Gasteiger charge is -2.48. The molecule has 0 aliphatic heterocycles. The highest BCUT2D eigenvalue weighted by atomic mass is 15.2. The number of nitrogens with one attached hydrogen (secondary N) is 1. The van der Waals surface area contributed by atoms with Crippen LogP contribution in [0.15, 0.2) is 12.4 Å². The van der Waals surface area contributed by atoms with Crippen molar-refractivity contribution in [3.8, 4) is 0 Å². The molecule has 1 aromatic heterocycles. The Labute approximate surface area is 104 Å². The normalized spacial score (nSPS) is 20.3. The highest BCUT2D eigenvalue weighted by Gasteiger charge is 2.38. The van der Waals surface area contributed by atoms with E-state index < -0.39 is 0 Å². The number of aryl methyl sites for hydroxylation is 1. The van der Waals surface area contributed by atoms with Crippen LogP contribution in [-0.2, 0) is 7.05 Å². The van der Waals surface area contributed by atoms with Gasteiger partial charge in [0.15, 0.2) is 0 Å². The molecule has 1 heterocycles. The summed E-state index contributed by atoms with van der Waals surface area (Å²) in [5.74, 6) is 0. The number of nitrogens with zero attached hydrogens (tertiary/aromatic N) is 3. The van der Waals surface area contributed by atoms with Gasteiger partial charge in [-0.3, -0.25) is 4.68 Å². The van der Waals surface area contributed by atoms with Crippen molar-refractivity contribution >= 4 is 0 Å². The zero-order valence-electron chi connectivity index (χ0n) is 11.4. The standard InChI is InChI=1S/C13H24N4/c1-11(12-8-15-17(4)9-12)14-10-13(16(2)3)6-5-7-13/h8-9,11,14H,5-7,10H2,1-4H3. The van der Waals surface area contributed by atoms with Crippen LogP contribution in [0.4, 0.5) is 0 Å². The van der Waals surface area contributed by atoms with E-state index in [0.717, 1.165) is 6.54 Å².